The lowest BCUT2D eigenvalue weighted by molar-refractivity contribution is 0.387. The molecule has 0 unspecified atom stereocenters. The Morgan fingerprint density at radius 3 is 2.89 bits per heavy atom. The summed E-state index contributed by atoms with van der Waals surface area (Å²) in [7, 11) is 1.87. The van der Waals surface area contributed by atoms with Gasteiger partial charge in [-0.2, -0.15) is 5.26 Å². The molecule has 0 spiro atoms. The first kappa shape index (κ1) is 8.12. The summed E-state index contributed by atoms with van der Waals surface area (Å²) in [4.78, 5) is 1.88. The molecule has 3 nitrogen and oxygen atoms in total. The Morgan fingerprint density at radius 2 is 2.44 bits per heavy atom. The van der Waals surface area contributed by atoms with Crippen molar-refractivity contribution in [2.45, 2.75) is 6.42 Å². The summed E-state index contributed by atoms with van der Waals surface area (Å²) in [6, 6.07) is 2.03. The van der Waals surface area contributed by atoms with Crippen molar-refractivity contribution in [3.05, 3.63) is 0 Å². The molecule has 0 rings (SSSR count). The first-order chi connectivity index (χ1) is 4.31. The van der Waals surface area contributed by atoms with E-state index in [1.165, 1.54) is 6.21 Å². The van der Waals surface area contributed by atoms with Crippen molar-refractivity contribution < 1.29 is 0 Å². The second-order valence-electron chi connectivity index (χ2n) is 1.89. The molecule has 9 heavy (non-hydrogen) atoms. The fourth-order valence-corrected chi connectivity index (χ4v) is 0.485. The van der Waals surface area contributed by atoms with Crippen LogP contribution in [0.25, 0.3) is 0 Å². The molecule has 3 heteroatoms. The summed E-state index contributed by atoms with van der Waals surface area (Å²) in [6.07, 6.45) is 2.09. The van der Waals surface area contributed by atoms with Gasteiger partial charge in [-0.15, -0.1) is 0 Å². The molecule has 0 aromatic rings. The normalized spacial score (nSPS) is 9.00. The van der Waals surface area contributed by atoms with Crippen molar-refractivity contribution in [2.24, 2.45) is 0 Å². The molecule has 0 aliphatic carbocycles. The molecule has 0 amide bonds. The van der Waals surface area contributed by atoms with Gasteiger partial charge < -0.3 is 5.41 Å². The van der Waals surface area contributed by atoms with Gasteiger partial charge in [0.1, 0.15) is 0 Å². The van der Waals surface area contributed by atoms with E-state index in [1.807, 2.05) is 18.0 Å². The van der Waals surface area contributed by atoms with Gasteiger partial charge in [0.15, 0.2) is 0 Å². The number of nitrogens with one attached hydrogen (secondary N) is 1. The van der Waals surface area contributed by atoms with Crippen LogP contribution in [-0.4, -0.2) is 31.3 Å². The van der Waals surface area contributed by atoms with Gasteiger partial charge in [-0.05, 0) is 19.7 Å². The Kier molecular flexibility index (Phi) is 4.75. The molecule has 0 bridgehead atoms. The Hall–Kier alpha value is -0.880. The van der Waals surface area contributed by atoms with Gasteiger partial charge in [-0.3, -0.25) is 4.90 Å². The molecular weight excluding hydrogens is 114 g/mol. The molecule has 0 aliphatic heterocycles. The summed E-state index contributed by atoms with van der Waals surface area (Å²) in [6.45, 7) is 1.25. The number of hydrogen-bond donors (Lipinski definition) is 1. The van der Waals surface area contributed by atoms with E-state index in [9.17, 15) is 0 Å². The van der Waals surface area contributed by atoms with E-state index >= 15 is 0 Å². The van der Waals surface area contributed by atoms with Crippen LogP contribution in [0.5, 0.6) is 0 Å². The molecule has 0 aromatic carbocycles. The van der Waals surface area contributed by atoms with Crippen LogP contribution in [0.1, 0.15) is 6.42 Å². The van der Waals surface area contributed by atoms with Gasteiger partial charge in [0.25, 0.3) is 0 Å². The lowest BCUT2D eigenvalue weighted by Crippen LogP contribution is -2.19. The van der Waals surface area contributed by atoms with Gasteiger partial charge in [0, 0.05) is 6.54 Å². The van der Waals surface area contributed by atoms with Crippen LogP contribution in [0.2, 0.25) is 0 Å². The monoisotopic (exact) mass is 125 g/mol. The topological polar surface area (TPSA) is 50.9 Å². The van der Waals surface area contributed by atoms with Crippen LogP contribution in [0.4, 0.5) is 0 Å². The second kappa shape index (κ2) is 5.26. The predicted octanol–water partition coefficient (Wildman–Crippen LogP) is 0.481. The average molecular weight is 125 g/mol. The molecular formula is C6H11N3. The predicted molar refractivity (Wildman–Crippen MR) is 36.5 cm³/mol. The minimum Gasteiger partial charge on any atom is -0.313 e. The van der Waals surface area contributed by atoms with Crippen LogP contribution >= 0.6 is 0 Å². The number of rotatable bonds is 4. The van der Waals surface area contributed by atoms with Crippen molar-refractivity contribution in [3.8, 4) is 6.07 Å². The fourth-order valence-electron chi connectivity index (χ4n) is 0.485. The third-order valence-corrected chi connectivity index (χ3v) is 0.996. The summed E-state index contributed by atoms with van der Waals surface area (Å²) in [5.41, 5.74) is 0. The quantitative estimate of drug-likeness (QED) is 0.439. The SMILES string of the molecule is CN(CC#N)CCC=N. The van der Waals surface area contributed by atoms with E-state index in [1.54, 1.807) is 0 Å². The van der Waals surface area contributed by atoms with Crippen molar-refractivity contribution in [1.82, 2.24) is 4.90 Å². The maximum Gasteiger partial charge on any atom is 0.0863 e. The lowest BCUT2D eigenvalue weighted by atomic mass is 10.4. The highest BCUT2D eigenvalue weighted by Gasteiger charge is 1.91. The van der Waals surface area contributed by atoms with Crippen LogP contribution in [0.15, 0.2) is 0 Å². The van der Waals surface area contributed by atoms with E-state index in [0.717, 1.165) is 13.0 Å². The Labute approximate surface area is 55.4 Å². The van der Waals surface area contributed by atoms with Gasteiger partial charge in [0.05, 0.1) is 12.6 Å². The minimum atomic E-state index is 0.452. The zero-order chi connectivity index (χ0) is 7.11. The highest BCUT2D eigenvalue weighted by atomic mass is 15.1. The van der Waals surface area contributed by atoms with Crippen LogP contribution in [0, 0.1) is 16.7 Å². The van der Waals surface area contributed by atoms with Crippen molar-refractivity contribution >= 4 is 6.21 Å². The van der Waals surface area contributed by atoms with Crippen LogP contribution < -0.4 is 0 Å². The average Bonchev–Trinajstić information content (AvgIpc) is 1.85. The fraction of sp³-hybridized carbons (Fsp3) is 0.667. The summed E-state index contributed by atoms with van der Waals surface area (Å²) < 4.78 is 0. The molecule has 0 fully saturated rings. The van der Waals surface area contributed by atoms with Crippen molar-refractivity contribution in [2.75, 3.05) is 20.1 Å². The smallest absolute Gasteiger partial charge is 0.0863 e. The maximum absolute atomic E-state index is 8.19. The molecule has 0 radical (unpaired) electrons. The second-order valence-corrected chi connectivity index (χ2v) is 1.89. The van der Waals surface area contributed by atoms with E-state index in [-0.39, 0.29) is 0 Å². The number of nitrogens with zero attached hydrogens (tertiary/aromatic N) is 2. The standard InChI is InChI=1S/C6H11N3/c1-9(6-4-8)5-2-3-7/h3,7H,2,5-6H2,1H3. The Bertz CT molecular complexity index is 114. The van der Waals surface area contributed by atoms with Gasteiger partial charge >= 0.3 is 0 Å². The molecule has 0 aliphatic rings. The van der Waals surface area contributed by atoms with Crippen LogP contribution in [0.3, 0.4) is 0 Å². The molecule has 0 saturated carbocycles. The highest BCUT2D eigenvalue weighted by molar-refractivity contribution is 5.52. The zero-order valence-corrected chi connectivity index (χ0v) is 5.59. The first-order valence-electron chi connectivity index (χ1n) is 2.85. The highest BCUT2D eigenvalue weighted by Crippen LogP contribution is 1.81. The number of nitriles is 1. The minimum absolute atomic E-state index is 0.452. The molecule has 1 N–H and O–H groups in total. The van der Waals surface area contributed by atoms with E-state index in [4.69, 9.17) is 10.7 Å². The van der Waals surface area contributed by atoms with E-state index in [0.29, 0.717) is 6.54 Å². The Morgan fingerprint density at radius 1 is 1.78 bits per heavy atom. The first-order valence-corrected chi connectivity index (χ1v) is 2.85. The molecule has 0 aromatic heterocycles. The summed E-state index contributed by atoms with van der Waals surface area (Å²) in [5.74, 6) is 0. The summed E-state index contributed by atoms with van der Waals surface area (Å²) in [5, 5.41) is 14.9. The zero-order valence-electron chi connectivity index (χ0n) is 5.59. The van der Waals surface area contributed by atoms with Gasteiger partial charge in [-0.1, -0.05) is 0 Å². The summed E-state index contributed by atoms with van der Waals surface area (Å²) >= 11 is 0. The van der Waals surface area contributed by atoms with Crippen molar-refractivity contribution in [1.29, 1.82) is 10.7 Å². The third-order valence-electron chi connectivity index (χ3n) is 0.996. The molecule has 0 saturated heterocycles. The van der Waals surface area contributed by atoms with Gasteiger partial charge in [0.2, 0.25) is 0 Å². The number of hydrogen-bond acceptors (Lipinski definition) is 3. The molecule has 0 heterocycles. The molecule has 50 valence electrons. The molecule has 0 atom stereocenters. The van der Waals surface area contributed by atoms with Crippen LogP contribution in [-0.2, 0) is 0 Å². The maximum atomic E-state index is 8.19. The van der Waals surface area contributed by atoms with Gasteiger partial charge in [-0.25, -0.2) is 0 Å². The van der Waals surface area contributed by atoms with Crippen molar-refractivity contribution in [3.63, 3.8) is 0 Å². The Balaban J connectivity index is 3.17. The lowest BCUT2D eigenvalue weighted by Gasteiger charge is -2.08. The van der Waals surface area contributed by atoms with E-state index < -0.39 is 0 Å². The largest absolute Gasteiger partial charge is 0.313 e. The third kappa shape index (κ3) is 4.98. The van der Waals surface area contributed by atoms with E-state index in [2.05, 4.69) is 0 Å².